The second kappa shape index (κ2) is 9.79. The predicted molar refractivity (Wildman–Crippen MR) is 146 cm³/mol. The Hall–Kier alpha value is 0.290. The average molecular weight is 624 g/mol. The summed E-state index contributed by atoms with van der Waals surface area (Å²) in [5, 5.41) is 0. The third-order valence-electron chi connectivity index (χ3n) is 11.2. The van der Waals surface area contributed by atoms with Crippen molar-refractivity contribution in [3.63, 3.8) is 0 Å². The molecule has 4 rings (SSSR count). The van der Waals surface area contributed by atoms with E-state index in [0.717, 1.165) is 25.7 Å². The van der Waals surface area contributed by atoms with Crippen LogP contribution in [0.3, 0.4) is 0 Å². The fraction of sp³-hybridized carbons (Fsp3) is 0.966. The number of alkyl halides is 4. The topological polar surface area (TPSA) is 26.3 Å². The maximum atomic E-state index is 15.0. The third kappa shape index (κ3) is 4.80. The molecule has 4 saturated carbocycles. The van der Waals surface area contributed by atoms with Gasteiger partial charge < -0.3 is 4.74 Å². The number of esters is 1. The van der Waals surface area contributed by atoms with Gasteiger partial charge in [-0.2, -0.15) is 0 Å². The molecule has 0 saturated heterocycles. The first kappa shape index (κ1) is 28.3. The van der Waals surface area contributed by atoms with Crippen molar-refractivity contribution in [3.05, 3.63) is 0 Å². The van der Waals surface area contributed by atoms with Gasteiger partial charge in [0.2, 0.25) is 0 Å². The minimum Gasteiger partial charge on any atom is -0.462 e. The lowest BCUT2D eigenvalue weighted by Crippen LogP contribution is -2.69. The number of carbonyl (C=O) groups excluding carboxylic acids is 1. The fourth-order valence-corrected chi connectivity index (χ4v) is 11.8. The van der Waals surface area contributed by atoms with Gasteiger partial charge in [0.15, 0.2) is 0 Å². The predicted octanol–water partition coefficient (Wildman–Crippen LogP) is 8.97. The molecule has 202 valence electrons. The molecule has 0 bridgehead atoms. The molecule has 0 N–H and O–H groups in total. The molecule has 4 unspecified atom stereocenters. The Kier molecular flexibility index (Phi) is 7.92. The molecule has 11 atom stereocenters. The van der Waals surface area contributed by atoms with Gasteiger partial charge in [-0.3, -0.25) is 4.79 Å². The van der Waals surface area contributed by atoms with E-state index in [4.69, 9.17) is 4.74 Å². The van der Waals surface area contributed by atoms with Crippen LogP contribution in [0.2, 0.25) is 0 Å². The number of hydrogen-bond acceptors (Lipinski definition) is 2. The normalized spacial score (nSPS) is 48.5. The summed E-state index contributed by atoms with van der Waals surface area (Å²) < 4.78 is 34.5. The molecule has 0 heterocycles. The molecule has 6 heteroatoms. The monoisotopic (exact) mass is 622 g/mol. The maximum Gasteiger partial charge on any atom is 0.302 e. The molecular formula is C29H46Br2F2O2. The second-order valence-corrected chi connectivity index (χ2v) is 16.2. The molecule has 0 radical (unpaired) electrons. The minimum absolute atomic E-state index is 0.142. The number of hydrogen-bond donors (Lipinski definition) is 0. The van der Waals surface area contributed by atoms with Crippen molar-refractivity contribution in [2.75, 3.05) is 0 Å². The number of ether oxygens (including phenoxy) is 1. The Balaban J connectivity index is 1.59. The van der Waals surface area contributed by atoms with Gasteiger partial charge in [0, 0.05) is 23.6 Å². The van der Waals surface area contributed by atoms with Crippen LogP contribution in [-0.4, -0.2) is 33.1 Å². The van der Waals surface area contributed by atoms with Gasteiger partial charge in [0.1, 0.15) is 17.9 Å². The number of fused-ring (bicyclic) bond motifs is 5. The summed E-state index contributed by atoms with van der Waals surface area (Å²) in [5.74, 6) is 2.58. The van der Waals surface area contributed by atoms with E-state index in [1.54, 1.807) is 13.8 Å². The van der Waals surface area contributed by atoms with Crippen molar-refractivity contribution in [1.82, 2.24) is 0 Å². The highest BCUT2D eigenvalue weighted by Crippen LogP contribution is 2.72. The van der Waals surface area contributed by atoms with Crippen LogP contribution >= 0.6 is 31.9 Å². The molecule has 0 aromatic carbocycles. The summed E-state index contributed by atoms with van der Waals surface area (Å²) >= 11 is 8.11. The van der Waals surface area contributed by atoms with Crippen molar-refractivity contribution in [2.24, 2.45) is 40.4 Å². The standard InChI is InChI=1S/C29H46Br2F2O2/c1-17(8-7-12-26(3,4)33)21-9-10-22-20-15-24(30)29(31)16-19(32)14-25(35-18(2)34)28(29,6)23(20)11-13-27(21,22)5/h17,19-25H,7-16H2,1-6H3/t17-,19?,20+,21-,22+,23+,24?,25?,27-,28+,29?/m1/s1. The zero-order chi connectivity index (χ0) is 26.0. The molecule has 0 aromatic heterocycles. The summed E-state index contributed by atoms with van der Waals surface area (Å²) in [4.78, 5) is 12.2. The second-order valence-electron chi connectivity index (χ2n) is 13.7. The van der Waals surface area contributed by atoms with E-state index in [-0.39, 0.29) is 16.2 Å². The van der Waals surface area contributed by atoms with Crippen LogP contribution in [0.5, 0.6) is 0 Å². The van der Waals surface area contributed by atoms with Crippen LogP contribution < -0.4 is 0 Å². The first-order valence-electron chi connectivity index (χ1n) is 14.0. The van der Waals surface area contributed by atoms with Crippen LogP contribution in [0, 0.1) is 40.4 Å². The molecular weight excluding hydrogens is 578 g/mol. The Bertz CT molecular complexity index is 802. The number of carbonyl (C=O) groups is 1. The third-order valence-corrected chi connectivity index (χ3v) is 14.7. The Morgan fingerprint density at radius 1 is 1.17 bits per heavy atom. The van der Waals surface area contributed by atoms with E-state index >= 15 is 0 Å². The smallest absolute Gasteiger partial charge is 0.302 e. The van der Waals surface area contributed by atoms with Gasteiger partial charge in [0.25, 0.3) is 0 Å². The zero-order valence-corrected chi connectivity index (χ0v) is 25.7. The molecule has 2 nitrogen and oxygen atoms in total. The molecule has 0 aliphatic heterocycles. The highest BCUT2D eigenvalue weighted by Gasteiger charge is 2.70. The van der Waals surface area contributed by atoms with Gasteiger partial charge in [-0.25, -0.2) is 8.78 Å². The lowest BCUT2D eigenvalue weighted by Gasteiger charge is -2.67. The van der Waals surface area contributed by atoms with Crippen molar-refractivity contribution in [3.8, 4) is 0 Å². The van der Waals surface area contributed by atoms with E-state index in [1.165, 1.54) is 26.2 Å². The average Bonchev–Trinajstić information content (AvgIpc) is 3.07. The minimum atomic E-state index is -1.08. The molecule has 4 fully saturated rings. The van der Waals surface area contributed by atoms with Crippen LogP contribution in [0.1, 0.15) is 106 Å². The van der Waals surface area contributed by atoms with Crippen molar-refractivity contribution in [2.45, 2.75) is 133 Å². The van der Waals surface area contributed by atoms with Crippen LogP contribution in [0.15, 0.2) is 0 Å². The zero-order valence-electron chi connectivity index (χ0n) is 22.5. The molecule has 0 aromatic rings. The molecule has 35 heavy (non-hydrogen) atoms. The van der Waals surface area contributed by atoms with Gasteiger partial charge in [-0.1, -0.05) is 65.5 Å². The lowest BCUT2D eigenvalue weighted by atomic mass is 9.43. The summed E-state index contributed by atoms with van der Waals surface area (Å²) in [6.45, 7) is 12.0. The van der Waals surface area contributed by atoms with Gasteiger partial charge >= 0.3 is 5.97 Å². The summed E-state index contributed by atoms with van der Waals surface area (Å²) in [6.07, 6.45) is 7.93. The van der Waals surface area contributed by atoms with Gasteiger partial charge in [-0.05, 0) is 93.8 Å². The maximum absolute atomic E-state index is 15.0. The van der Waals surface area contributed by atoms with Crippen molar-refractivity contribution in [1.29, 1.82) is 0 Å². The Labute approximate surface area is 228 Å². The first-order chi connectivity index (χ1) is 16.1. The van der Waals surface area contributed by atoms with Crippen LogP contribution in [-0.2, 0) is 9.53 Å². The molecule has 4 aliphatic rings. The SMILES string of the molecule is CC(=O)OC1CC(F)CC2(Br)C(Br)C[C@H]3[C@@H]4CC[C@H]([C@H](C)CCCC(C)(C)F)[C@@]4(C)CC[C@@H]3[C@@]12C. The van der Waals surface area contributed by atoms with E-state index in [9.17, 15) is 13.6 Å². The van der Waals surface area contributed by atoms with Crippen molar-refractivity contribution >= 4 is 37.8 Å². The first-order valence-corrected chi connectivity index (χ1v) is 15.7. The largest absolute Gasteiger partial charge is 0.462 e. The molecule has 4 aliphatic carbocycles. The van der Waals surface area contributed by atoms with Crippen LogP contribution in [0.25, 0.3) is 0 Å². The van der Waals surface area contributed by atoms with Crippen LogP contribution in [0.4, 0.5) is 8.78 Å². The molecule has 0 amide bonds. The number of rotatable bonds is 6. The Morgan fingerprint density at radius 3 is 2.49 bits per heavy atom. The van der Waals surface area contributed by atoms with E-state index in [1.807, 2.05) is 0 Å². The van der Waals surface area contributed by atoms with E-state index in [2.05, 4.69) is 52.6 Å². The fourth-order valence-electron chi connectivity index (χ4n) is 9.56. The Morgan fingerprint density at radius 2 is 1.86 bits per heavy atom. The quantitative estimate of drug-likeness (QED) is 0.218. The lowest BCUT2D eigenvalue weighted by molar-refractivity contribution is -0.186. The summed E-state index contributed by atoms with van der Waals surface area (Å²) in [6, 6.07) is 0. The number of halogens is 4. The van der Waals surface area contributed by atoms with E-state index in [0.29, 0.717) is 54.3 Å². The van der Waals surface area contributed by atoms with E-state index < -0.39 is 22.3 Å². The summed E-state index contributed by atoms with van der Waals surface area (Å²) in [5.41, 5.74) is -1.09. The highest BCUT2D eigenvalue weighted by atomic mass is 79.9. The van der Waals surface area contributed by atoms with Crippen molar-refractivity contribution < 1.29 is 18.3 Å². The van der Waals surface area contributed by atoms with Gasteiger partial charge in [-0.15, -0.1) is 0 Å². The summed E-state index contributed by atoms with van der Waals surface area (Å²) in [7, 11) is 0. The van der Waals surface area contributed by atoms with Gasteiger partial charge in [0.05, 0.1) is 4.32 Å². The highest BCUT2D eigenvalue weighted by molar-refractivity contribution is 9.12. The molecule has 0 spiro atoms.